The second-order valence-electron chi connectivity index (χ2n) is 5.72. The van der Waals surface area contributed by atoms with Crippen molar-refractivity contribution >= 4 is 11.3 Å². The van der Waals surface area contributed by atoms with Gasteiger partial charge in [0, 0.05) is 4.88 Å². The fourth-order valence-corrected chi connectivity index (χ4v) is 3.75. The molecule has 0 spiro atoms. The third-order valence-electron chi connectivity index (χ3n) is 3.61. The molecular formula is C14H20N4OS. The number of aromatic nitrogens is 4. The number of thiazole rings is 1. The maximum absolute atomic E-state index is 9.42. The van der Waals surface area contributed by atoms with Gasteiger partial charge < -0.3 is 5.11 Å². The molecule has 2 aromatic rings. The highest BCUT2D eigenvalue weighted by atomic mass is 32.1. The summed E-state index contributed by atoms with van der Waals surface area (Å²) in [5, 5.41) is 18.6. The van der Waals surface area contributed by atoms with Crippen LogP contribution in [0.15, 0.2) is 0 Å². The summed E-state index contributed by atoms with van der Waals surface area (Å²) < 4.78 is 1.83. The molecule has 108 valence electrons. The smallest absolute Gasteiger partial charge is 0.212 e. The Hall–Kier alpha value is -1.27. The third kappa shape index (κ3) is 2.50. The van der Waals surface area contributed by atoms with Crippen molar-refractivity contribution in [1.29, 1.82) is 0 Å². The van der Waals surface area contributed by atoms with Crippen LogP contribution >= 0.6 is 11.3 Å². The molecule has 0 aromatic carbocycles. The SMILES string of the molecule is CC(C)Cc1c(CO)nnn1-c1nc2c(s1)CCCC2. The average molecular weight is 292 g/mol. The number of aliphatic hydroxyl groups excluding tert-OH is 1. The molecule has 2 aromatic heterocycles. The van der Waals surface area contributed by atoms with Crippen LogP contribution in [0.3, 0.4) is 0 Å². The lowest BCUT2D eigenvalue weighted by Gasteiger charge is -2.07. The van der Waals surface area contributed by atoms with Crippen molar-refractivity contribution < 1.29 is 5.11 Å². The molecule has 3 rings (SSSR count). The summed E-state index contributed by atoms with van der Waals surface area (Å²) >= 11 is 1.72. The van der Waals surface area contributed by atoms with Crippen LogP contribution in [-0.2, 0) is 25.9 Å². The fourth-order valence-electron chi connectivity index (χ4n) is 2.63. The van der Waals surface area contributed by atoms with E-state index < -0.39 is 0 Å². The molecule has 1 aliphatic rings. The average Bonchev–Trinajstić information content (AvgIpc) is 3.00. The first kappa shape index (κ1) is 13.7. The highest BCUT2D eigenvalue weighted by molar-refractivity contribution is 7.14. The predicted molar refractivity (Wildman–Crippen MR) is 78.1 cm³/mol. The molecule has 2 heterocycles. The zero-order chi connectivity index (χ0) is 14.1. The minimum Gasteiger partial charge on any atom is -0.390 e. The Balaban J connectivity index is 2.00. The summed E-state index contributed by atoms with van der Waals surface area (Å²) in [6.45, 7) is 4.25. The van der Waals surface area contributed by atoms with Crippen molar-refractivity contribution in [2.75, 3.05) is 0 Å². The van der Waals surface area contributed by atoms with Crippen LogP contribution in [0.5, 0.6) is 0 Å². The molecule has 0 fully saturated rings. The molecule has 0 saturated heterocycles. The normalized spacial score (nSPS) is 14.8. The van der Waals surface area contributed by atoms with Gasteiger partial charge in [-0.3, -0.25) is 0 Å². The topological polar surface area (TPSA) is 63.8 Å². The zero-order valence-electron chi connectivity index (χ0n) is 12.0. The van der Waals surface area contributed by atoms with E-state index in [4.69, 9.17) is 4.98 Å². The number of aliphatic hydroxyl groups is 1. The molecule has 1 aliphatic carbocycles. The van der Waals surface area contributed by atoms with E-state index in [0.717, 1.165) is 30.1 Å². The Morgan fingerprint density at radius 3 is 2.80 bits per heavy atom. The van der Waals surface area contributed by atoms with E-state index in [1.54, 1.807) is 11.3 Å². The first-order valence-corrected chi connectivity index (χ1v) is 8.04. The van der Waals surface area contributed by atoms with E-state index in [2.05, 4.69) is 24.2 Å². The van der Waals surface area contributed by atoms with Crippen molar-refractivity contribution in [3.8, 4) is 5.13 Å². The van der Waals surface area contributed by atoms with Gasteiger partial charge in [-0.15, -0.1) is 5.10 Å². The molecule has 20 heavy (non-hydrogen) atoms. The van der Waals surface area contributed by atoms with Gasteiger partial charge in [0.2, 0.25) is 5.13 Å². The van der Waals surface area contributed by atoms with Gasteiger partial charge in [-0.2, -0.15) is 4.68 Å². The first-order valence-electron chi connectivity index (χ1n) is 7.22. The minimum absolute atomic E-state index is 0.0624. The number of aryl methyl sites for hydroxylation is 2. The van der Waals surface area contributed by atoms with Gasteiger partial charge in [0.1, 0.15) is 5.69 Å². The molecule has 0 radical (unpaired) electrons. The van der Waals surface area contributed by atoms with Gasteiger partial charge in [0.05, 0.1) is 18.0 Å². The first-order chi connectivity index (χ1) is 9.69. The van der Waals surface area contributed by atoms with Crippen LogP contribution in [0.25, 0.3) is 5.13 Å². The predicted octanol–water partition coefficient (Wildman–Crippen LogP) is 2.29. The van der Waals surface area contributed by atoms with Gasteiger partial charge in [-0.25, -0.2) is 4.98 Å². The Kier molecular flexibility index (Phi) is 3.85. The molecule has 5 nitrogen and oxygen atoms in total. The molecule has 0 atom stereocenters. The van der Waals surface area contributed by atoms with Crippen LogP contribution in [0, 0.1) is 5.92 Å². The number of rotatable bonds is 4. The van der Waals surface area contributed by atoms with Crippen LogP contribution in [0.1, 0.15) is 48.6 Å². The molecule has 0 saturated carbocycles. The van der Waals surface area contributed by atoms with Crippen LogP contribution in [0.4, 0.5) is 0 Å². The molecule has 0 amide bonds. The maximum atomic E-state index is 9.42. The molecule has 0 unspecified atom stereocenters. The van der Waals surface area contributed by atoms with Gasteiger partial charge in [0.25, 0.3) is 0 Å². The van der Waals surface area contributed by atoms with Crippen molar-refractivity contribution in [2.24, 2.45) is 5.92 Å². The number of hydrogen-bond donors (Lipinski definition) is 1. The van der Waals surface area contributed by atoms with E-state index in [-0.39, 0.29) is 6.61 Å². The van der Waals surface area contributed by atoms with E-state index >= 15 is 0 Å². The van der Waals surface area contributed by atoms with Gasteiger partial charge in [-0.1, -0.05) is 30.4 Å². The van der Waals surface area contributed by atoms with Crippen molar-refractivity contribution in [3.05, 3.63) is 22.0 Å². The lowest BCUT2D eigenvalue weighted by molar-refractivity contribution is 0.275. The second kappa shape index (κ2) is 5.61. The lowest BCUT2D eigenvalue weighted by atomic mass is 10.0. The Morgan fingerprint density at radius 1 is 1.30 bits per heavy atom. The van der Waals surface area contributed by atoms with Crippen LogP contribution in [-0.4, -0.2) is 25.1 Å². The Bertz CT molecular complexity index is 579. The largest absolute Gasteiger partial charge is 0.390 e. The molecule has 1 N–H and O–H groups in total. The van der Waals surface area contributed by atoms with E-state index in [1.807, 2.05) is 4.68 Å². The van der Waals surface area contributed by atoms with Gasteiger partial charge >= 0.3 is 0 Å². The van der Waals surface area contributed by atoms with Crippen molar-refractivity contribution in [2.45, 2.75) is 52.6 Å². The van der Waals surface area contributed by atoms with E-state index in [0.29, 0.717) is 11.6 Å². The number of fused-ring (bicyclic) bond motifs is 1. The summed E-state index contributed by atoms with van der Waals surface area (Å²) in [6.07, 6.45) is 5.55. The van der Waals surface area contributed by atoms with Crippen molar-refractivity contribution in [1.82, 2.24) is 20.0 Å². The fraction of sp³-hybridized carbons (Fsp3) is 0.643. The monoisotopic (exact) mass is 292 g/mol. The van der Waals surface area contributed by atoms with Crippen molar-refractivity contribution in [3.63, 3.8) is 0 Å². The third-order valence-corrected chi connectivity index (χ3v) is 4.74. The summed E-state index contributed by atoms with van der Waals surface area (Å²) in [5.41, 5.74) is 2.90. The minimum atomic E-state index is -0.0624. The van der Waals surface area contributed by atoms with Crippen LogP contribution in [0.2, 0.25) is 0 Å². The Labute approximate surface area is 122 Å². The molecule has 0 aliphatic heterocycles. The van der Waals surface area contributed by atoms with Gasteiger partial charge in [0.15, 0.2) is 0 Å². The zero-order valence-corrected chi connectivity index (χ0v) is 12.8. The molecule has 6 heteroatoms. The quantitative estimate of drug-likeness (QED) is 0.939. The highest BCUT2D eigenvalue weighted by Gasteiger charge is 2.20. The maximum Gasteiger partial charge on any atom is 0.212 e. The number of nitrogens with zero attached hydrogens (tertiary/aromatic N) is 4. The summed E-state index contributed by atoms with van der Waals surface area (Å²) in [4.78, 5) is 6.13. The summed E-state index contributed by atoms with van der Waals surface area (Å²) in [7, 11) is 0. The summed E-state index contributed by atoms with van der Waals surface area (Å²) in [6, 6.07) is 0. The molecule has 0 bridgehead atoms. The summed E-state index contributed by atoms with van der Waals surface area (Å²) in [5.74, 6) is 0.493. The lowest BCUT2D eigenvalue weighted by Crippen LogP contribution is -2.07. The van der Waals surface area contributed by atoms with E-state index in [9.17, 15) is 5.11 Å². The molecular weight excluding hydrogens is 272 g/mol. The Morgan fingerprint density at radius 2 is 2.10 bits per heavy atom. The second-order valence-corrected chi connectivity index (χ2v) is 6.79. The van der Waals surface area contributed by atoms with E-state index in [1.165, 1.54) is 23.4 Å². The number of hydrogen-bond acceptors (Lipinski definition) is 5. The van der Waals surface area contributed by atoms with Gasteiger partial charge in [-0.05, 0) is 38.0 Å². The highest BCUT2D eigenvalue weighted by Crippen LogP contribution is 2.29. The van der Waals surface area contributed by atoms with Crippen LogP contribution < -0.4 is 0 Å². The standard InChI is InChI=1S/C14H20N4OS/c1-9(2)7-12-11(8-19)16-17-18(12)14-15-10-5-3-4-6-13(10)20-14/h9,19H,3-8H2,1-2H3.